The van der Waals surface area contributed by atoms with Crippen LogP contribution in [0.15, 0.2) is 24.3 Å². The van der Waals surface area contributed by atoms with Gasteiger partial charge in [0.25, 0.3) is 0 Å². The fraction of sp³-hybridized carbons (Fsp3) is 0.632. The van der Waals surface area contributed by atoms with Crippen LogP contribution in [0, 0.1) is 5.82 Å². The maximum Gasteiger partial charge on any atom is 0.239 e. The van der Waals surface area contributed by atoms with Crippen LogP contribution in [0.4, 0.5) is 10.1 Å². The van der Waals surface area contributed by atoms with Crippen LogP contribution in [0.3, 0.4) is 0 Å². The van der Waals surface area contributed by atoms with Crippen LogP contribution in [0.25, 0.3) is 0 Å². The molecule has 0 N–H and O–H groups in total. The predicted octanol–water partition coefficient (Wildman–Crippen LogP) is 1.97. The number of nitrogens with zero attached hydrogens (tertiary/aromatic N) is 3. The summed E-state index contributed by atoms with van der Waals surface area (Å²) in [5, 5.41) is 0. The Bertz CT molecular complexity index is 597. The second-order valence-corrected chi connectivity index (χ2v) is 7.54. The van der Waals surface area contributed by atoms with Crippen molar-refractivity contribution < 1.29 is 13.9 Å². The lowest BCUT2D eigenvalue weighted by atomic mass is 10.1. The van der Waals surface area contributed by atoms with Gasteiger partial charge in [-0.2, -0.15) is 0 Å². The highest BCUT2D eigenvalue weighted by atomic mass is 19.1. The van der Waals surface area contributed by atoms with E-state index in [1.165, 1.54) is 12.1 Å². The molecule has 2 heterocycles. The van der Waals surface area contributed by atoms with Crippen LogP contribution in [0.1, 0.15) is 20.8 Å². The third-order valence-corrected chi connectivity index (χ3v) is 5.14. The van der Waals surface area contributed by atoms with Crippen molar-refractivity contribution in [1.29, 1.82) is 0 Å². The van der Waals surface area contributed by atoms with Gasteiger partial charge < -0.3 is 14.5 Å². The van der Waals surface area contributed by atoms with Gasteiger partial charge in [0, 0.05) is 45.0 Å². The van der Waals surface area contributed by atoms with Crippen molar-refractivity contribution in [3.63, 3.8) is 0 Å². The van der Waals surface area contributed by atoms with Crippen molar-refractivity contribution in [3.8, 4) is 0 Å². The van der Waals surface area contributed by atoms with Crippen molar-refractivity contribution in [3.05, 3.63) is 30.1 Å². The average Bonchev–Trinajstić information content (AvgIpc) is 2.60. The molecule has 2 aliphatic rings. The van der Waals surface area contributed by atoms with Gasteiger partial charge in [-0.05, 0) is 45.0 Å². The summed E-state index contributed by atoms with van der Waals surface area (Å²) in [5.41, 5.74) is 0.810. The van der Waals surface area contributed by atoms with Crippen LogP contribution in [-0.2, 0) is 9.53 Å². The Hall–Kier alpha value is -1.66. The van der Waals surface area contributed by atoms with Crippen molar-refractivity contribution in [2.24, 2.45) is 0 Å². The van der Waals surface area contributed by atoms with Crippen LogP contribution in [0.5, 0.6) is 0 Å². The number of hydrogen-bond donors (Lipinski definition) is 0. The van der Waals surface area contributed by atoms with E-state index in [4.69, 9.17) is 4.74 Å². The lowest BCUT2D eigenvalue weighted by Crippen LogP contribution is -2.58. The molecule has 2 aliphatic heterocycles. The highest BCUT2D eigenvalue weighted by Gasteiger charge is 2.34. The number of benzene rings is 1. The number of ether oxygens (including phenoxy) is 1. The molecule has 0 bridgehead atoms. The van der Waals surface area contributed by atoms with Crippen LogP contribution >= 0.6 is 0 Å². The maximum atomic E-state index is 13.1. The number of rotatable bonds is 3. The molecule has 0 radical (unpaired) electrons. The summed E-state index contributed by atoms with van der Waals surface area (Å²) < 4.78 is 18.8. The molecule has 0 aromatic heterocycles. The minimum atomic E-state index is -0.222. The summed E-state index contributed by atoms with van der Waals surface area (Å²) in [5.74, 6) is -0.0312. The molecule has 2 saturated heterocycles. The minimum Gasteiger partial charge on any atom is -0.373 e. The zero-order chi connectivity index (χ0) is 18.0. The summed E-state index contributed by atoms with van der Waals surface area (Å²) in [6.45, 7) is 11.3. The maximum absolute atomic E-state index is 13.1. The predicted molar refractivity (Wildman–Crippen MR) is 96.3 cm³/mol. The quantitative estimate of drug-likeness (QED) is 0.836. The first-order valence-corrected chi connectivity index (χ1v) is 9.03. The molecular formula is C19H28FN3O2. The summed E-state index contributed by atoms with van der Waals surface area (Å²) >= 11 is 0. The van der Waals surface area contributed by atoms with Gasteiger partial charge in [-0.1, -0.05) is 0 Å². The Morgan fingerprint density at radius 3 is 2.36 bits per heavy atom. The number of hydrogen-bond acceptors (Lipinski definition) is 4. The third-order valence-electron chi connectivity index (χ3n) is 5.14. The fourth-order valence-electron chi connectivity index (χ4n) is 3.64. The summed E-state index contributed by atoms with van der Waals surface area (Å²) in [6, 6.07) is 6.43. The van der Waals surface area contributed by atoms with E-state index in [0.717, 1.165) is 31.9 Å². The van der Waals surface area contributed by atoms with Gasteiger partial charge in [0.05, 0.1) is 18.2 Å². The molecule has 2 fully saturated rings. The Kier molecular flexibility index (Phi) is 5.29. The zero-order valence-corrected chi connectivity index (χ0v) is 15.4. The van der Waals surface area contributed by atoms with E-state index in [1.807, 2.05) is 11.8 Å². The first-order chi connectivity index (χ1) is 11.9. The molecule has 6 heteroatoms. The Labute approximate surface area is 149 Å². The number of piperazine rings is 1. The van der Waals surface area contributed by atoms with Crippen molar-refractivity contribution in [1.82, 2.24) is 9.80 Å². The van der Waals surface area contributed by atoms with E-state index in [-0.39, 0.29) is 23.4 Å². The molecule has 3 rings (SSSR count). The Morgan fingerprint density at radius 1 is 1.12 bits per heavy atom. The number of carbonyl (C=O) groups is 1. The average molecular weight is 349 g/mol. The minimum absolute atomic E-state index is 0.124. The van der Waals surface area contributed by atoms with E-state index >= 15 is 0 Å². The number of morpholine rings is 1. The largest absolute Gasteiger partial charge is 0.373 e. The molecule has 138 valence electrons. The highest BCUT2D eigenvalue weighted by molar-refractivity contribution is 5.81. The van der Waals surface area contributed by atoms with Crippen LogP contribution < -0.4 is 4.90 Å². The summed E-state index contributed by atoms with van der Waals surface area (Å²) in [4.78, 5) is 19.2. The summed E-state index contributed by atoms with van der Waals surface area (Å²) in [6.07, 6.45) is 0. The number of carbonyl (C=O) groups excluding carboxylic acids is 1. The molecule has 1 amide bonds. The monoisotopic (exact) mass is 349 g/mol. The first-order valence-electron chi connectivity index (χ1n) is 9.03. The topological polar surface area (TPSA) is 36.0 Å². The SMILES string of the molecule is CC(C(=O)N1CCN(c2ccc(F)cc2)CC1)N1CCOC(C)(C)C1. The molecule has 25 heavy (non-hydrogen) atoms. The van der Waals surface area contributed by atoms with Crippen LogP contribution in [0.2, 0.25) is 0 Å². The second-order valence-electron chi connectivity index (χ2n) is 7.54. The van der Waals surface area contributed by atoms with Gasteiger partial charge in [0.1, 0.15) is 5.82 Å². The number of amides is 1. The smallest absolute Gasteiger partial charge is 0.239 e. The van der Waals surface area contributed by atoms with E-state index in [9.17, 15) is 9.18 Å². The normalized spacial score (nSPS) is 22.7. The van der Waals surface area contributed by atoms with Gasteiger partial charge >= 0.3 is 0 Å². The number of anilines is 1. The zero-order valence-electron chi connectivity index (χ0n) is 15.4. The molecule has 1 atom stereocenters. The fourth-order valence-corrected chi connectivity index (χ4v) is 3.64. The van der Waals surface area contributed by atoms with Gasteiger partial charge in [-0.25, -0.2) is 4.39 Å². The van der Waals surface area contributed by atoms with E-state index in [2.05, 4.69) is 23.6 Å². The van der Waals surface area contributed by atoms with Gasteiger partial charge in [-0.15, -0.1) is 0 Å². The van der Waals surface area contributed by atoms with Crippen molar-refractivity contribution in [2.45, 2.75) is 32.4 Å². The van der Waals surface area contributed by atoms with Gasteiger partial charge in [-0.3, -0.25) is 9.69 Å². The molecule has 1 aromatic carbocycles. The second kappa shape index (κ2) is 7.30. The molecule has 0 saturated carbocycles. The van der Waals surface area contributed by atoms with Gasteiger partial charge in [0.2, 0.25) is 5.91 Å². The highest BCUT2D eigenvalue weighted by Crippen LogP contribution is 2.21. The van der Waals surface area contributed by atoms with Crippen LogP contribution in [-0.4, -0.2) is 73.2 Å². The van der Waals surface area contributed by atoms with Crippen molar-refractivity contribution >= 4 is 11.6 Å². The lowest BCUT2D eigenvalue weighted by molar-refractivity contribution is -0.143. The van der Waals surface area contributed by atoms with Crippen molar-refractivity contribution in [2.75, 3.05) is 50.8 Å². The lowest BCUT2D eigenvalue weighted by Gasteiger charge is -2.43. The molecule has 1 aromatic rings. The molecule has 0 aliphatic carbocycles. The molecule has 1 unspecified atom stereocenters. The molecular weight excluding hydrogens is 321 g/mol. The molecule has 0 spiro atoms. The summed E-state index contributed by atoms with van der Waals surface area (Å²) in [7, 11) is 0. The Balaban J connectivity index is 1.55. The number of halogens is 1. The van der Waals surface area contributed by atoms with E-state index in [1.54, 1.807) is 12.1 Å². The van der Waals surface area contributed by atoms with Gasteiger partial charge in [0.15, 0.2) is 0 Å². The van der Waals surface area contributed by atoms with E-state index < -0.39 is 0 Å². The van der Waals surface area contributed by atoms with E-state index in [0.29, 0.717) is 19.7 Å². The standard InChI is InChI=1S/C19H28FN3O2/c1-15(23-12-13-25-19(2,3)14-23)18(24)22-10-8-21(9-11-22)17-6-4-16(20)5-7-17/h4-7,15H,8-14H2,1-3H3. The molecule has 5 nitrogen and oxygen atoms in total. The first kappa shape index (κ1) is 18.1. The Morgan fingerprint density at radius 2 is 1.76 bits per heavy atom. The third kappa shape index (κ3) is 4.30.